The van der Waals surface area contributed by atoms with Crippen molar-refractivity contribution >= 4 is 0 Å². The van der Waals surface area contributed by atoms with Gasteiger partial charge in [-0.15, -0.1) is 0 Å². The largest absolute Gasteiger partial charge is 0.377 e. The van der Waals surface area contributed by atoms with Gasteiger partial charge in [-0.05, 0) is 45.2 Å². The van der Waals surface area contributed by atoms with Gasteiger partial charge in [-0.3, -0.25) is 4.90 Å². The van der Waals surface area contributed by atoms with Gasteiger partial charge in [-0.1, -0.05) is 0 Å². The van der Waals surface area contributed by atoms with Gasteiger partial charge in [0.05, 0.1) is 6.10 Å². The van der Waals surface area contributed by atoms with Crippen molar-refractivity contribution in [2.75, 3.05) is 26.2 Å². The molecule has 14 heavy (non-hydrogen) atoms. The maximum Gasteiger partial charge on any atom is 0.0702 e. The summed E-state index contributed by atoms with van der Waals surface area (Å²) < 4.78 is 5.66. The van der Waals surface area contributed by atoms with Crippen molar-refractivity contribution < 1.29 is 4.74 Å². The minimum atomic E-state index is 0.494. The third-order valence-corrected chi connectivity index (χ3v) is 3.81. The van der Waals surface area contributed by atoms with Crippen LogP contribution in [0.25, 0.3) is 0 Å². The number of rotatable bonds is 3. The fourth-order valence-corrected chi connectivity index (χ4v) is 2.70. The second kappa shape index (κ2) is 4.60. The van der Waals surface area contributed by atoms with Gasteiger partial charge in [0.1, 0.15) is 0 Å². The van der Waals surface area contributed by atoms with E-state index in [9.17, 15) is 0 Å². The lowest BCUT2D eigenvalue weighted by molar-refractivity contribution is 0.0684. The van der Waals surface area contributed by atoms with E-state index in [4.69, 9.17) is 10.5 Å². The lowest BCUT2D eigenvalue weighted by Crippen LogP contribution is -2.37. The van der Waals surface area contributed by atoms with Crippen molar-refractivity contribution in [3.05, 3.63) is 0 Å². The molecule has 0 radical (unpaired) electrons. The van der Waals surface area contributed by atoms with E-state index >= 15 is 0 Å². The van der Waals surface area contributed by atoms with Crippen LogP contribution in [0.2, 0.25) is 0 Å². The zero-order valence-electron chi connectivity index (χ0n) is 9.11. The van der Waals surface area contributed by atoms with Crippen LogP contribution in [0.1, 0.15) is 26.2 Å². The zero-order valence-corrected chi connectivity index (χ0v) is 9.11. The highest BCUT2D eigenvalue weighted by Gasteiger charge is 2.31. The summed E-state index contributed by atoms with van der Waals surface area (Å²) in [5, 5.41) is 0. The third kappa shape index (κ3) is 2.10. The Labute approximate surface area is 86.6 Å². The van der Waals surface area contributed by atoms with Crippen LogP contribution in [0.15, 0.2) is 0 Å². The molecule has 0 saturated carbocycles. The first-order valence-corrected chi connectivity index (χ1v) is 5.87. The molecule has 3 unspecified atom stereocenters. The topological polar surface area (TPSA) is 38.5 Å². The molecular formula is C11H22N2O. The Hall–Kier alpha value is -0.120. The Morgan fingerprint density at radius 3 is 2.86 bits per heavy atom. The predicted molar refractivity (Wildman–Crippen MR) is 57.2 cm³/mol. The van der Waals surface area contributed by atoms with Gasteiger partial charge in [0, 0.05) is 19.2 Å². The second-order valence-corrected chi connectivity index (χ2v) is 4.66. The van der Waals surface area contributed by atoms with Gasteiger partial charge in [0.15, 0.2) is 0 Å². The second-order valence-electron chi connectivity index (χ2n) is 4.66. The van der Waals surface area contributed by atoms with Gasteiger partial charge in [-0.2, -0.15) is 0 Å². The minimum Gasteiger partial charge on any atom is -0.377 e. The maximum absolute atomic E-state index is 5.74. The fourth-order valence-electron chi connectivity index (χ4n) is 2.70. The van der Waals surface area contributed by atoms with E-state index in [2.05, 4.69) is 11.8 Å². The normalized spacial score (nSPS) is 39.4. The summed E-state index contributed by atoms with van der Waals surface area (Å²) in [6, 6.07) is 0.657. The molecule has 0 aliphatic carbocycles. The molecule has 0 amide bonds. The number of hydrogen-bond donors (Lipinski definition) is 1. The van der Waals surface area contributed by atoms with E-state index in [-0.39, 0.29) is 0 Å². The van der Waals surface area contributed by atoms with Crippen molar-refractivity contribution in [2.24, 2.45) is 11.7 Å². The summed E-state index contributed by atoms with van der Waals surface area (Å²) in [4.78, 5) is 2.55. The molecule has 2 saturated heterocycles. The maximum atomic E-state index is 5.74. The van der Waals surface area contributed by atoms with Gasteiger partial charge in [-0.25, -0.2) is 0 Å². The summed E-state index contributed by atoms with van der Waals surface area (Å²) in [5.41, 5.74) is 5.74. The molecule has 0 aromatic rings. The number of ether oxygens (including phenoxy) is 1. The van der Waals surface area contributed by atoms with Crippen LogP contribution in [-0.2, 0) is 4.74 Å². The van der Waals surface area contributed by atoms with E-state index in [0.29, 0.717) is 18.1 Å². The monoisotopic (exact) mass is 198 g/mol. The molecule has 2 rings (SSSR count). The fraction of sp³-hybridized carbons (Fsp3) is 1.00. The number of hydrogen-bond acceptors (Lipinski definition) is 3. The van der Waals surface area contributed by atoms with E-state index in [0.717, 1.165) is 19.7 Å². The van der Waals surface area contributed by atoms with Crippen LogP contribution >= 0.6 is 0 Å². The number of nitrogens with zero attached hydrogens (tertiary/aromatic N) is 1. The van der Waals surface area contributed by atoms with Crippen LogP contribution in [-0.4, -0.2) is 43.3 Å². The van der Waals surface area contributed by atoms with Crippen LogP contribution in [0.4, 0.5) is 0 Å². The number of nitrogens with two attached hydrogens (primary N) is 1. The average molecular weight is 198 g/mol. The molecule has 3 atom stereocenters. The Bertz CT molecular complexity index is 180. The molecule has 0 aromatic heterocycles. The van der Waals surface area contributed by atoms with Crippen LogP contribution in [0.3, 0.4) is 0 Å². The van der Waals surface area contributed by atoms with E-state index < -0.39 is 0 Å². The first-order chi connectivity index (χ1) is 6.81. The quantitative estimate of drug-likeness (QED) is 0.730. The van der Waals surface area contributed by atoms with Crippen LogP contribution in [0, 0.1) is 5.92 Å². The molecule has 2 fully saturated rings. The average Bonchev–Trinajstić information content (AvgIpc) is 2.79. The van der Waals surface area contributed by atoms with E-state index in [1.165, 1.54) is 25.8 Å². The molecule has 3 heteroatoms. The Kier molecular flexibility index (Phi) is 3.42. The molecule has 0 bridgehead atoms. The molecule has 82 valence electrons. The molecule has 0 spiro atoms. The summed E-state index contributed by atoms with van der Waals surface area (Å²) >= 11 is 0. The first kappa shape index (κ1) is 10.4. The van der Waals surface area contributed by atoms with Crippen molar-refractivity contribution in [1.29, 1.82) is 0 Å². The Morgan fingerprint density at radius 2 is 2.29 bits per heavy atom. The lowest BCUT2D eigenvalue weighted by atomic mass is 10.0. The van der Waals surface area contributed by atoms with Gasteiger partial charge in [0.2, 0.25) is 0 Å². The van der Waals surface area contributed by atoms with Gasteiger partial charge >= 0.3 is 0 Å². The highest BCUT2D eigenvalue weighted by atomic mass is 16.5. The molecule has 2 heterocycles. The SMILES string of the molecule is CC1C(CN)CCN1CC1CCCO1. The molecule has 3 nitrogen and oxygen atoms in total. The highest BCUT2D eigenvalue weighted by Crippen LogP contribution is 2.25. The summed E-state index contributed by atoms with van der Waals surface area (Å²) in [5.74, 6) is 0.705. The molecule has 2 N–H and O–H groups in total. The van der Waals surface area contributed by atoms with Gasteiger partial charge < -0.3 is 10.5 Å². The molecule has 0 aromatic carbocycles. The van der Waals surface area contributed by atoms with Crippen molar-refractivity contribution in [3.63, 3.8) is 0 Å². The first-order valence-electron chi connectivity index (χ1n) is 5.87. The van der Waals surface area contributed by atoms with E-state index in [1.54, 1.807) is 0 Å². The van der Waals surface area contributed by atoms with Crippen molar-refractivity contribution in [3.8, 4) is 0 Å². The zero-order chi connectivity index (χ0) is 9.97. The highest BCUT2D eigenvalue weighted by molar-refractivity contribution is 4.86. The van der Waals surface area contributed by atoms with Crippen LogP contribution in [0.5, 0.6) is 0 Å². The Balaban J connectivity index is 1.80. The molecule has 2 aliphatic rings. The minimum absolute atomic E-state index is 0.494. The van der Waals surface area contributed by atoms with E-state index in [1.807, 2.05) is 0 Å². The molecular weight excluding hydrogens is 176 g/mol. The molecule has 2 aliphatic heterocycles. The van der Waals surface area contributed by atoms with Gasteiger partial charge in [0.25, 0.3) is 0 Å². The van der Waals surface area contributed by atoms with Crippen molar-refractivity contribution in [1.82, 2.24) is 4.90 Å². The Morgan fingerprint density at radius 1 is 1.43 bits per heavy atom. The summed E-state index contributed by atoms with van der Waals surface area (Å²) in [7, 11) is 0. The smallest absolute Gasteiger partial charge is 0.0702 e. The van der Waals surface area contributed by atoms with Crippen LogP contribution < -0.4 is 5.73 Å². The predicted octanol–water partition coefficient (Wildman–Crippen LogP) is 0.834. The number of likely N-dealkylation sites (tertiary alicyclic amines) is 1. The summed E-state index contributed by atoms with van der Waals surface area (Å²) in [6.07, 6.45) is 4.25. The third-order valence-electron chi connectivity index (χ3n) is 3.81. The van der Waals surface area contributed by atoms with Crippen molar-refractivity contribution in [2.45, 2.75) is 38.3 Å². The summed E-state index contributed by atoms with van der Waals surface area (Å²) in [6.45, 7) is 6.44. The lowest BCUT2D eigenvalue weighted by Gasteiger charge is -2.26. The standard InChI is InChI=1S/C11H22N2O/c1-9-10(7-12)4-5-13(9)8-11-3-2-6-14-11/h9-11H,2-8,12H2,1H3.